The first-order valence-electron chi connectivity index (χ1n) is 6.48. The van der Waals surface area contributed by atoms with E-state index in [1.807, 2.05) is 24.6 Å². The summed E-state index contributed by atoms with van der Waals surface area (Å²) < 4.78 is 8.76. The molecule has 0 saturated carbocycles. The molecule has 110 valence electrons. The van der Waals surface area contributed by atoms with Gasteiger partial charge in [-0.3, -0.25) is 4.68 Å². The van der Waals surface area contributed by atoms with Crippen LogP contribution in [0.4, 0.5) is 0 Å². The van der Waals surface area contributed by atoms with E-state index in [-0.39, 0.29) is 5.38 Å². The Morgan fingerprint density at radius 3 is 2.76 bits per heavy atom. The maximum atomic E-state index is 6.24. The number of alkyl halides is 1. The standard InChI is InChI=1S/C13H15ClN6O/c1-8(14)12-16-9-4-5-11(21-3)17-13(9)20(12)6-10-15-7-19(2)18-10/h4-5,7-8H,6H2,1-3H3. The Balaban J connectivity index is 2.14. The van der Waals surface area contributed by atoms with E-state index >= 15 is 0 Å². The van der Waals surface area contributed by atoms with Gasteiger partial charge in [-0.25, -0.2) is 9.97 Å². The normalized spacial score (nSPS) is 12.8. The van der Waals surface area contributed by atoms with Crippen LogP contribution in [0, 0.1) is 0 Å². The summed E-state index contributed by atoms with van der Waals surface area (Å²) in [5.41, 5.74) is 1.48. The number of fused-ring (bicyclic) bond motifs is 1. The number of imidazole rings is 1. The number of nitrogens with zero attached hydrogens (tertiary/aromatic N) is 6. The minimum atomic E-state index is -0.242. The van der Waals surface area contributed by atoms with Crippen LogP contribution in [-0.4, -0.2) is 36.4 Å². The van der Waals surface area contributed by atoms with Gasteiger partial charge in [-0.1, -0.05) is 0 Å². The van der Waals surface area contributed by atoms with E-state index in [1.165, 1.54) is 0 Å². The van der Waals surface area contributed by atoms with Crippen molar-refractivity contribution >= 4 is 22.8 Å². The van der Waals surface area contributed by atoms with Gasteiger partial charge in [0.2, 0.25) is 5.88 Å². The molecule has 1 atom stereocenters. The van der Waals surface area contributed by atoms with Crippen LogP contribution in [0.3, 0.4) is 0 Å². The first-order valence-corrected chi connectivity index (χ1v) is 6.92. The monoisotopic (exact) mass is 306 g/mol. The van der Waals surface area contributed by atoms with Crippen LogP contribution in [-0.2, 0) is 13.6 Å². The quantitative estimate of drug-likeness (QED) is 0.689. The van der Waals surface area contributed by atoms with Crippen molar-refractivity contribution < 1.29 is 4.74 Å². The van der Waals surface area contributed by atoms with Crippen molar-refractivity contribution in [3.8, 4) is 5.88 Å². The highest BCUT2D eigenvalue weighted by Crippen LogP contribution is 2.25. The van der Waals surface area contributed by atoms with Crippen LogP contribution < -0.4 is 4.74 Å². The fraction of sp³-hybridized carbons (Fsp3) is 0.385. The molecule has 0 aliphatic carbocycles. The summed E-state index contributed by atoms with van der Waals surface area (Å²) in [4.78, 5) is 13.2. The molecule has 21 heavy (non-hydrogen) atoms. The lowest BCUT2D eigenvalue weighted by molar-refractivity contribution is 0.399. The summed E-state index contributed by atoms with van der Waals surface area (Å²) in [5, 5.41) is 4.05. The van der Waals surface area contributed by atoms with Crippen molar-refractivity contribution in [2.45, 2.75) is 18.8 Å². The van der Waals surface area contributed by atoms with Crippen LogP contribution in [0.15, 0.2) is 18.5 Å². The Morgan fingerprint density at radius 2 is 2.14 bits per heavy atom. The van der Waals surface area contributed by atoms with Crippen molar-refractivity contribution in [1.29, 1.82) is 0 Å². The first kappa shape index (κ1) is 13.8. The minimum Gasteiger partial charge on any atom is -0.481 e. The predicted octanol–water partition coefficient (Wildman–Crippen LogP) is 1.92. The molecule has 0 saturated heterocycles. The van der Waals surface area contributed by atoms with Crippen LogP contribution in [0.2, 0.25) is 0 Å². The molecular formula is C13H15ClN6O. The Hall–Kier alpha value is -2.15. The molecule has 3 rings (SSSR count). The zero-order valence-electron chi connectivity index (χ0n) is 12.0. The molecule has 7 nitrogen and oxygen atoms in total. The van der Waals surface area contributed by atoms with E-state index in [1.54, 1.807) is 24.2 Å². The second-order valence-corrected chi connectivity index (χ2v) is 5.36. The molecule has 3 aromatic heterocycles. The average Bonchev–Trinajstić information content (AvgIpc) is 3.03. The Bertz CT molecular complexity index is 778. The molecule has 1 unspecified atom stereocenters. The van der Waals surface area contributed by atoms with E-state index in [9.17, 15) is 0 Å². The highest BCUT2D eigenvalue weighted by molar-refractivity contribution is 6.20. The van der Waals surface area contributed by atoms with Gasteiger partial charge in [0.05, 0.1) is 19.0 Å². The molecule has 0 aromatic carbocycles. The third kappa shape index (κ3) is 2.56. The van der Waals surface area contributed by atoms with Crippen molar-refractivity contribution in [2.24, 2.45) is 7.05 Å². The van der Waals surface area contributed by atoms with Gasteiger partial charge in [0.1, 0.15) is 17.7 Å². The molecule has 0 spiro atoms. The molecule has 3 heterocycles. The van der Waals surface area contributed by atoms with Crippen LogP contribution in [0.25, 0.3) is 11.2 Å². The van der Waals surface area contributed by atoms with E-state index < -0.39 is 0 Å². The highest BCUT2D eigenvalue weighted by atomic mass is 35.5. The molecule has 0 amide bonds. The second-order valence-electron chi connectivity index (χ2n) is 4.70. The van der Waals surface area contributed by atoms with E-state index in [2.05, 4.69) is 20.1 Å². The van der Waals surface area contributed by atoms with E-state index in [4.69, 9.17) is 16.3 Å². The third-order valence-corrected chi connectivity index (χ3v) is 3.30. The Kier molecular flexibility index (Phi) is 3.50. The lowest BCUT2D eigenvalue weighted by atomic mass is 10.4. The second kappa shape index (κ2) is 5.33. The highest BCUT2D eigenvalue weighted by Gasteiger charge is 2.18. The van der Waals surface area contributed by atoms with Crippen molar-refractivity contribution in [1.82, 2.24) is 29.3 Å². The number of aryl methyl sites for hydroxylation is 1. The van der Waals surface area contributed by atoms with Crippen molar-refractivity contribution in [3.05, 3.63) is 30.1 Å². The van der Waals surface area contributed by atoms with Gasteiger partial charge in [0, 0.05) is 13.1 Å². The summed E-state index contributed by atoms with van der Waals surface area (Å²) in [6.07, 6.45) is 1.66. The fourth-order valence-electron chi connectivity index (χ4n) is 2.17. The topological polar surface area (TPSA) is 70.7 Å². The molecular weight excluding hydrogens is 292 g/mol. The summed E-state index contributed by atoms with van der Waals surface area (Å²) in [6, 6.07) is 3.65. The minimum absolute atomic E-state index is 0.242. The number of hydrogen-bond acceptors (Lipinski definition) is 5. The molecule has 0 radical (unpaired) electrons. The molecule has 0 fully saturated rings. The predicted molar refractivity (Wildman–Crippen MR) is 78.5 cm³/mol. The number of halogens is 1. The zero-order valence-corrected chi connectivity index (χ0v) is 12.7. The number of methoxy groups -OCH3 is 1. The molecule has 3 aromatic rings. The number of rotatable bonds is 4. The average molecular weight is 307 g/mol. The van der Waals surface area contributed by atoms with Gasteiger partial charge in [-0.2, -0.15) is 10.1 Å². The zero-order chi connectivity index (χ0) is 15.0. The Labute approximate surface area is 126 Å². The summed E-state index contributed by atoms with van der Waals surface area (Å²) in [7, 11) is 3.41. The van der Waals surface area contributed by atoms with Crippen LogP contribution >= 0.6 is 11.6 Å². The summed E-state index contributed by atoms with van der Waals surface area (Å²) in [6.45, 7) is 2.34. The lowest BCUT2D eigenvalue weighted by Gasteiger charge is -2.08. The number of aromatic nitrogens is 6. The van der Waals surface area contributed by atoms with Gasteiger partial charge in [-0.15, -0.1) is 11.6 Å². The number of pyridine rings is 1. The lowest BCUT2D eigenvalue weighted by Crippen LogP contribution is -2.08. The molecule has 0 N–H and O–H groups in total. The van der Waals surface area contributed by atoms with Gasteiger partial charge in [0.25, 0.3) is 0 Å². The van der Waals surface area contributed by atoms with Crippen LogP contribution in [0.1, 0.15) is 23.9 Å². The third-order valence-electron chi connectivity index (χ3n) is 3.11. The number of hydrogen-bond donors (Lipinski definition) is 0. The van der Waals surface area contributed by atoms with Gasteiger partial charge in [-0.05, 0) is 13.0 Å². The fourth-order valence-corrected chi connectivity index (χ4v) is 2.34. The molecule has 0 aliphatic rings. The molecule has 0 bridgehead atoms. The maximum absolute atomic E-state index is 6.24. The van der Waals surface area contributed by atoms with Gasteiger partial charge < -0.3 is 9.30 Å². The van der Waals surface area contributed by atoms with Crippen molar-refractivity contribution in [2.75, 3.05) is 7.11 Å². The van der Waals surface area contributed by atoms with Gasteiger partial charge >= 0.3 is 0 Å². The molecule has 8 heteroatoms. The van der Waals surface area contributed by atoms with Gasteiger partial charge in [0.15, 0.2) is 11.5 Å². The number of ether oxygens (including phenoxy) is 1. The van der Waals surface area contributed by atoms with Crippen molar-refractivity contribution in [3.63, 3.8) is 0 Å². The maximum Gasteiger partial charge on any atom is 0.215 e. The smallest absolute Gasteiger partial charge is 0.215 e. The summed E-state index contributed by atoms with van der Waals surface area (Å²) >= 11 is 6.24. The SMILES string of the molecule is COc1ccc2nc(C(C)Cl)n(Cc3ncn(C)n3)c2n1. The first-order chi connectivity index (χ1) is 10.1. The Morgan fingerprint density at radius 1 is 1.33 bits per heavy atom. The van der Waals surface area contributed by atoms with E-state index in [0.29, 0.717) is 23.9 Å². The molecule has 0 aliphatic heterocycles. The van der Waals surface area contributed by atoms with Crippen LogP contribution in [0.5, 0.6) is 5.88 Å². The van der Waals surface area contributed by atoms with E-state index in [0.717, 1.165) is 11.3 Å². The summed E-state index contributed by atoms with van der Waals surface area (Å²) in [5.74, 6) is 1.95. The largest absolute Gasteiger partial charge is 0.481 e.